The van der Waals surface area contributed by atoms with E-state index in [1.807, 2.05) is 0 Å². The first-order valence-electron chi connectivity index (χ1n) is 12.1. The van der Waals surface area contributed by atoms with Crippen LogP contribution in [-0.2, 0) is 36.3 Å². The molecule has 1 saturated heterocycles. The molecule has 2 aliphatic rings. The third kappa shape index (κ3) is 7.82. The number of carbonyl (C=O) groups is 1. The molecule has 9 heteroatoms. The van der Waals surface area contributed by atoms with E-state index in [9.17, 15) is 18.0 Å². The first kappa shape index (κ1) is 29.4. The van der Waals surface area contributed by atoms with Crippen molar-refractivity contribution in [2.24, 2.45) is 0 Å². The minimum atomic E-state index is -4.47. The molecule has 1 aromatic rings. The molecule has 0 spiro atoms. The van der Waals surface area contributed by atoms with Crippen molar-refractivity contribution in [3.8, 4) is 0 Å². The predicted molar refractivity (Wildman–Crippen MR) is 128 cm³/mol. The summed E-state index contributed by atoms with van der Waals surface area (Å²) in [7, 11) is 1.32. The summed E-state index contributed by atoms with van der Waals surface area (Å²) in [5.74, 6) is -0.406. The van der Waals surface area contributed by atoms with Gasteiger partial charge in [0.15, 0.2) is 0 Å². The van der Waals surface area contributed by atoms with E-state index >= 15 is 0 Å². The molecule has 0 bridgehead atoms. The van der Waals surface area contributed by atoms with Crippen molar-refractivity contribution in [2.75, 3.05) is 18.6 Å². The zero-order chi connectivity index (χ0) is 23.8. The Morgan fingerprint density at radius 1 is 1.00 bits per heavy atom. The molecule has 1 aromatic carbocycles. The summed E-state index contributed by atoms with van der Waals surface area (Å²) in [5, 5.41) is 0. The van der Waals surface area contributed by atoms with Gasteiger partial charge in [0.05, 0.1) is 0 Å². The van der Waals surface area contributed by atoms with Crippen molar-refractivity contribution in [3.05, 3.63) is 29.8 Å². The number of hydrogen-bond donors (Lipinski definition) is 0. The van der Waals surface area contributed by atoms with E-state index in [0.29, 0.717) is 6.54 Å². The van der Waals surface area contributed by atoms with E-state index in [-0.39, 0.29) is 30.6 Å². The number of nitrogens with zero attached hydrogens (tertiary/aromatic N) is 2. The molecular formula is C25H36AuClF3N2O2. The minimum Gasteiger partial charge on any atom is -0.147 e. The summed E-state index contributed by atoms with van der Waals surface area (Å²) in [6, 6.07) is 5.53. The Kier molecular flexibility index (Phi) is 12.1. The third-order valence-corrected chi connectivity index (χ3v) is 7.93. The monoisotopic (exact) mass is 685 g/mol. The van der Waals surface area contributed by atoms with E-state index in [1.54, 1.807) is 11.0 Å². The molecule has 2 fully saturated rings. The fourth-order valence-electron chi connectivity index (χ4n) is 5.03. The minimum absolute atomic E-state index is 0. The molecule has 3 rings (SSSR count). The fourth-order valence-corrected chi connectivity index (χ4v) is 6.28. The van der Waals surface area contributed by atoms with Gasteiger partial charge < -0.3 is 0 Å². The van der Waals surface area contributed by atoms with Crippen molar-refractivity contribution >= 4 is 28.0 Å². The van der Waals surface area contributed by atoms with Gasteiger partial charge in [0.25, 0.3) is 0 Å². The number of esters is 1. The zero-order valence-corrected chi connectivity index (χ0v) is 22.7. The number of hydrogen-bond acceptors (Lipinski definition) is 4. The second kappa shape index (κ2) is 14.0. The molecule has 0 N–H and O–H groups in total. The SMILES string of the molecule is COC(=O)CC1CN(C2CCCCCCCCCCC2)[C](=[Au])N1c1ccccc1C(F)(F)F.Cl. The zero-order valence-electron chi connectivity index (χ0n) is 19.7. The second-order valence-electron chi connectivity index (χ2n) is 9.12. The van der Waals surface area contributed by atoms with Gasteiger partial charge in [0.1, 0.15) is 0 Å². The Morgan fingerprint density at radius 2 is 1.53 bits per heavy atom. The van der Waals surface area contributed by atoms with Gasteiger partial charge >= 0.3 is 208 Å². The topological polar surface area (TPSA) is 32.8 Å². The van der Waals surface area contributed by atoms with Crippen LogP contribution in [0.3, 0.4) is 0 Å². The second-order valence-corrected chi connectivity index (χ2v) is 10.1. The number of halogens is 4. The van der Waals surface area contributed by atoms with Gasteiger partial charge in [0.2, 0.25) is 0 Å². The molecule has 1 unspecified atom stereocenters. The Balaban J connectivity index is 0.00000408. The van der Waals surface area contributed by atoms with Crippen LogP contribution < -0.4 is 4.90 Å². The van der Waals surface area contributed by atoms with Crippen molar-refractivity contribution in [1.82, 2.24) is 4.90 Å². The molecule has 4 nitrogen and oxygen atoms in total. The molecule has 0 radical (unpaired) electrons. The predicted octanol–water partition coefficient (Wildman–Crippen LogP) is 6.49. The normalized spacial score (nSPS) is 22.0. The number of rotatable bonds is 4. The van der Waals surface area contributed by atoms with E-state index < -0.39 is 23.8 Å². The number of alkyl halides is 3. The van der Waals surface area contributed by atoms with Crippen LogP contribution in [-0.4, -0.2) is 40.6 Å². The van der Waals surface area contributed by atoms with E-state index in [4.69, 9.17) is 4.74 Å². The van der Waals surface area contributed by atoms with Gasteiger partial charge in [-0.05, 0) is 0 Å². The Bertz CT molecular complexity index is 797. The molecule has 34 heavy (non-hydrogen) atoms. The average molecular weight is 686 g/mol. The molecule has 197 valence electrons. The maximum atomic E-state index is 13.8. The number of anilines is 1. The number of methoxy groups -OCH3 is 1. The van der Waals surface area contributed by atoms with Gasteiger partial charge in [-0.1, -0.05) is 0 Å². The van der Waals surface area contributed by atoms with Crippen LogP contribution in [0, 0.1) is 0 Å². The summed E-state index contributed by atoms with van der Waals surface area (Å²) in [5.41, 5.74) is -0.572. The van der Waals surface area contributed by atoms with E-state index in [2.05, 4.69) is 25.5 Å². The molecule has 1 atom stereocenters. The Labute approximate surface area is 219 Å². The smallest absolute Gasteiger partial charge is 0.147 e. The first-order valence-corrected chi connectivity index (χ1v) is 13.2. The van der Waals surface area contributed by atoms with Crippen molar-refractivity contribution in [2.45, 2.75) is 95.3 Å². The largest absolute Gasteiger partial charge is 0.147 e. The maximum absolute atomic E-state index is 13.8. The third-order valence-electron chi connectivity index (χ3n) is 6.78. The summed E-state index contributed by atoms with van der Waals surface area (Å²) in [6.45, 7) is 0.526. The molecular weight excluding hydrogens is 650 g/mol. The van der Waals surface area contributed by atoms with Gasteiger partial charge in [-0.3, -0.25) is 0 Å². The van der Waals surface area contributed by atoms with Crippen LogP contribution in [0.15, 0.2) is 24.3 Å². The number of ether oxygens (including phenoxy) is 1. The van der Waals surface area contributed by atoms with Gasteiger partial charge in [-0.15, -0.1) is 12.4 Å². The van der Waals surface area contributed by atoms with E-state index in [0.717, 1.165) is 35.7 Å². The molecule has 0 amide bonds. The molecule has 1 heterocycles. The van der Waals surface area contributed by atoms with Crippen LogP contribution in [0.4, 0.5) is 18.9 Å². The van der Waals surface area contributed by atoms with Crippen molar-refractivity contribution < 1.29 is 43.3 Å². The summed E-state index contributed by atoms with van der Waals surface area (Å²) in [4.78, 5) is 16.1. The Hall–Kier alpha value is -0.860. The van der Waals surface area contributed by atoms with Gasteiger partial charge in [0, 0.05) is 0 Å². The summed E-state index contributed by atoms with van der Waals surface area (Å²) < 4.78 is 47.2. The number of para-hydroxylation sites is 1. The van der Waals surface area contributed by atoms with Crippen LogP contribution in [0.5, 0.6) is 0 Å². The van der Waals surface area contributed by atoms with E-state index in [1.165, 1.54) is 64.2 Å². The summed E-state index contributed by atoms with van der Waals surface area (Å²) in [6.07, 6.45) is 8.70. The number of carbonyl (C=O) groups excluding carboxylic acids is 1. The van der Waals surface area contributed by atoms with Gasteiger partial charge in [-0.2, -0.15) is 0 Å². The van der Waals surface area contributed by atoms with Gasteiger partial charge in [-0.25, -0.2) is 0 Å². The van der Waals surface area contributed by atoms with Crippen molar-refractivity contribution in [3.63, 3.8) is 0 Å². The molecule has 1 aliphatic heterocycles. The molecule has 1 saturated carbocycles. The van der Waals surface area contributed by atoms with Crippen molar-refractivity contribution in [1.29, 1.82) is 0 Å². The summed E-state index contributed by atoms with van der Waals surface area (Å²) >= 11 is 2.42. The quantitative estimate of drug-likeness (QED) is 0.268. The first-order chi connectivity index (χ1) is 15.8. The van der Waals surface area contributed by atoms with Crippen LogP contribution in [0.25, 0.3) is 0 Å². The molecule has 1 aliphatic carbocycles. The Morgan fingerprint density at radius 3 is 2.06 bits per heavy atom. The molecule has 0 aromatic heterocycles. The number of benzene rings is 1. The maximum Gasteiger partial charge on any atom is -0.147 e. The average Bonchev–Trinajstić information content (AvgIpc) is 3.09. The standard InChI is InChI=1S/C25H35F3N2O2.Au.ClH/c1-32-24(31)17-21-18-29(20-13-9-7-5-3-2-4-6-8-10-14-20)19-30(21)23-16-12-11-15-22(23)25(26,27)28;;/h11-12,15-16,20-21H,2-10,13-14,17-18H2,1H3;;1H. The van der Waals surface area contributed by atoms with Crippen LogP contribution >= 0.6 is 12.4 Å². The van der Waals surface area contributed by atoms with Crippen LogP contribution in [0.1, 0.15) is 82.6 Å². The van der Waals surface area contributed by atoms with Crippen LogP contribution in [0.2, 0.25) is 0 Å². The fraction of sp³-hybridized carbons (Fsp3) is 0.680.